The fourth-order valence-electron chi connectivity index (χ4n) is 1.88. The minimum atomic E-state index is -0.393. The van der Waals surface area contributed by atoms with Crippen molar-refractivity contribution in [1.82, 2.24) is 4.98 Å². The molecule has 1 fully saturated rings. The van der Waals surface area contributed by atoms with E-state index in [0.29, 0.717) is 11.6 Å². The smallest absolute Gasteiger partial charge is 0.311 e. The summed E-state index contributed by atoms with van der Waals surface area (Å²) in [6, 6.07) is 3.16. The molecule has 1 aliphatic carbocycles. The Labute approximate surface area is 112 Å². The molecule has 0 atom stereocenters. The Balaban J connectivity index is 2.02. The number of pyridine rings is 1. The fraction of sp³-hybridized carbons (Fsp3) is 0.615. The van der Waals surface area contributed by atoms with E-state index in [1.807, 2.05) is 0 Å². The van der Waals surface area contributed by atoms with Gasteiger partial charge in [-0.05, 0) is 24.8 Å². The number of anilines is 2. The molecule has 0 radical (unpaired) electrons. The zero-order chi connectivity index (χ0) is 13.7. The summed E-state index contributed by atoms with van der Waals surface area (Å²) in [5, 5.41) is 17.2. The molecule has 1 heterocycles. The highest BCUT2D eigenvalue weighted by Crippen LogP contribution is 2.32. The first kappa shape index (κ1) is 13.6. The largest absolute Gasteiger partial charge is 0.370 e. The lowest BCUT2D eigenvalue weighted by molar-refractivity contribution is -0.384. The van der Waals surface area contributed by atoms with E-state index < -0.39 is 4.92 Å². The monoisotopic (exact) mass is 264 g/mol. The normalized spacial score (nSPS) is 14.2. The second-order valence-corrected chi connectivity index (χ2v) is 4.91. The Hall–Kier alpha value is -1.85. The van der Waals surface area contributed by atoms with Crippen LogP contribution >= 0.6 is 0 Å². The van der Waals surface area contributed by atoms with E-state index in [1.54, 1.807) is 6.07 Å². The van der Waals surface area contributed by atoms with E-state index in [0.717, 1.165) is 31.8 Å². The highest BCUT2D eigenvalue weighted by molar-refractivity contribution is 5.60. The van der Waals surface area contributed by atoms with Crippen LogP contribution in [0.4, 0.5) is 17.3 Å². The van der Waals surface area contributed by atoms with Gasteiger partial charge in [0.2, 0.25) is 5.82 Å². The summed E-state index contributed by atoms with van der Waals surface area (Å²) < 4.78 is 0. The Kier molecular flexibility index (Phi) is 4.54. The van der Waals surface area contributed by atoms with E-state index in [1.165, 1.54) is 18.9 Å². The molecule has 0 aliphatic heterocycles. The van der Waals surface area contributed by atoms with Crippen LogP contribution in [0.1, 0.15) is 32.6 Å². The molecule has 1 aliphatic rings. The second kappa shape index (κ2) is 6.36. The summed E-state index contributed by atoms with van der Waals surface area (Å²) >= 11 is 0. The molecule has 1 saturated carbocycles. The quantitative estimate of drug-likeness (QED) is 0.557. The van der Waals surface area contributed by atoms with Crippen LogP contribution in [0.2, 0.25) is 0 Å². The maximum Gasteiger partial charge on any atom is 0.311 e. The van der Waals surface area contributed by atoms with Crippen molar-refractivity contribution in [3.05, 3.63) is 22.2 Å². The predicted molar refractivity (Wildman–Crippen MR) is 75.5 cm³/mol. The van der Waals surface area contributed by atoms with Crippen LogP contribution in [0.25, 0.3) is 0 Å². The number of nitro groups is 1. The third-order valence-corrected chi connectivity index (χ3v) is 3.17. The third-order valence-electron chi connectivity index (χ3n) is 3.17. The van der Waals surface area contributed by atoms with Gasteiger partial charge < -0.3 is 10.6 Å². The molecule has 0 bridgehead atoms. The van der Waals surface area contributed by atoms with Crippen molar-refractivity contribution in [1.29, 1.82) is 0 Å². The molecular weight excluding hydrogens is 244 g/mol. The molecule has 0 amide bonds. The highest BCUT2D eigenvalue weighted by Gasteiger charge is 2.21. The van der Waals surface area contributed by atoms with Gasteiger partial charge in [-0.1, -0.05) is 19.8 Å². The molecule has 0 aromatic carbocycles. The van der Waals surface area contributed by atoms with Gasteiger partial charge in [-0.25, -0.2) is 4.98 Å². The van der Waals surface area contributed by atoms with Crippen LogP contribution in [0.5, 0.6) is 0 Å². The molecule has 0 unspecified atom stereocenters. The molecule has 0 spiro atoms. The van der Waals surface area contributed by atoms with Crippen molar-refractivity contribution >= 4 is 17.3 Å². The summed E-state index contributed by atoms with van der Waals surface area (Å²) in [5.74, 6) is 1.85. The van der Waals surface area contributed by atoms with Gasteiger partial charge in [0, 0.05) is 19.2 Å². The first-order chi connectivity index (χ1) is 9.20. The number of nitrogens with zero attached hydrogens (tertiary/aromatic N) is 2. The van der Waals surface area contributed by atoms with Gasteiger partial charge in [0.15, 0.2) is 0 Å². The zero-order valence-corrected chi connectivity index (χ0v) is 11.2. The Bertz CT molecular complexity index is 446. The molecule has 19 heavy (non-hydrogen) atoms. The Morgan fingerprint density at radius 2 is 2.16 bits per heavy atom. The minimum absolute atomic E-state index is 0.0397. The SMILES string of the molecule is CCCNc1ccc([N+](=O)[O-])c(NCCC2CC2)n1. The maximum atomic E-state index is 11.0. The number of hydrogen-bond acceptors (Lipinski definition) is 5. The van der Waals surface area contributed by atoms with Gasteiger partial charge >= 0.3 is 5.69 Å². The van der Waals surface area contributed by atoms with Crippen molar-refractivity contribution in [3.8, 4) is 0 Å². The zero-order valence-electron chi connectivity index (χ0n) is 11.2. The summed E-state index contributed by atoms with van der Waals surface area (Å²) in [4.78, 5) is 14.9. The molecule has 2 N–H and O–H groups in total. The van der Waals surface area contributed by atoms with Crippen molar-refractivity contribution in [2.75, 3.05) is 23.7 Å². The van der Waals surface area contributed by atoms with E-state index in [9.17, 15) is 10.1 Å². The molecule has 1 aromatic rings. The average Bonchev–Trinajstić information content (AvgIpc) is 3.20. The van der Waals surface area contributed by atoms with Crippen LogP contribution in [0.3, 0.4) is 0 Å². The standard InChI is InChI=1S/C13H20N4O2/c1-2-8-14-12-6-5-11(17(18)19)13(16-12)15-9-7-10-3-4-10/h5-6,10H,2-4,7-9H2,1H3,(H2,14,15,16). The summed E-state index contributed by atoms with van der Waals surface area (Å²) in [7, 11) is 0. The van der Waals surface area contributed by atoms with Crippen LogP contribution in [0.15, 0.2) is 12.1 Å². The van der Waals surface area contributed by atoms with Gasteiger partial charge in [-0.3, -0.25) is 10.1 Å². The van der Waals surface area contributed by atoms with Crippen molar-refractivity contribution in [2.45, 2.75) is 32.6 Å². The maximum absolute atomic E-state index is 11.0. The topological polar surface area (TPSA) is 80.1 Å². The lowest BCUT2D eigenvalue weighted by atomic mass is 10.3. The van der Waals surface area contributed by atoms with E-state index in [4.69, 9.17) is 0 Å². The molecule has 2 rings (SSSR count). The molecule has 6 heteroatoms. The van der Waals surface area contributed by atoms with Crippen LogP contribution in [-0.4, -0.2) is 23.0 Å². The number of hydrogen-bond donors (Lipinski definition) is 2. The van der Waals surface area contributed by atoms with Crippen molar-refractivity contribution in [2.24, 2.45) is 5.92 Å². The first-order valence-electron chi connectivity index (χ1n) is 6.84. The van der Waals surface area contributed by atoms with Crippen molar-refractivity contribution < 1.29 is 4.92 Å². The predicted octanol–water partition coefficient (Wildman–Crippen LogP) is 3.02. The summed E-state index contributed by atoms with van der Waals surface area (Å²) in [6.45, 7) is 3.62. The number of aromatic nitrogens is 1. The van der Waals surface area contributed by atoms with Gasteiger partial charge in [0.25, 0.3) is 0 Å². The summed E-state index contributed by atoms with van der Waals surface area (Å²) in [5.41, 5.74) is 0.0397. The highest BCUT2D eigenvalue weighted by atomic mass is 16.6. The van der Waals surface area contributed by atoms with Crippen LogP contribution < -0.4 is 10.6 Å². The lowest BCUT2D eigenvalue weighted by Gasteiger charge is -2.09. The average molecular weight is 264 g/mol. The fourth-order valence-corrected chi connectivity index (χ4v) is 1.88. The summed E-state index contributed by atoms with van der Waals surface area (Å²) in [6.07, 6.45) is 4.62. The third kappa shape index (κ3) is 4.08. The van der Waals surface area contributed by atoms with E-state index in [-0.39, 0.29) is 5.69 Å². The molecular formula is C13H20N4O2. The van der Waals surface area contributed by atoms with E-state index >= 15 is 0 Å². The number of nitrogens with one attached hydrogen (secondary N) is 2. The molecule has 1 aromatic heterocycles. The van der Waals surface area contributed by atoms with Gasteiger partial charge in [-0.2, -0.15) is 0 Å². The van der Waals surface area contributed by atoms with Crippen LogP contribution in [0, 0.1) is 16.0 Å². The molecule has 0 saturated heterocycles. The molecule has 6 nitrogen and oxygen atoms in total. The van der Waals surface area contributed by atoms with Crippen molar-refractivity contribution in [3.63, 3.8) is 0 Å². The van der Waals surface area contributed by atoms with Gasteiger partial charge in [0.1, 0.15) is 5.82 Å². The second-order valence-electron chi connectivity index (χ2n) is 4.91. The molecule has 104 valence electrons. The number of rotatable bonds is 8. The Morgan fingerprint density at radius 1 is 1.37 bits per heavy atom. The van der Waals surface area contributed by atoms with Gasteiger partial charge in [0.05, 0.1) is 4.92 Å². The first-order valence-corrected chi connectivity index (χ1v) is 6.84. The van der Waals surface area contributed by atoms with Crippen LogP contribution in [-0.2, 0) is 0 Å². The lowest BCUT2D eigenvalue weighted by Crippen LogP contribution is -2.09. The Morgan fingerprint density at radius 3 is 2.79 bits per heavy atom. The van der Waals surface area contributed by atoms with Gasteiger partial charge in [-0.15, -0.1) is 0 Å². The minimum Gasteiger partial charge on any atom is -0.370 e. The van der Waals surface area contributed by atoms with E-state index in [2.05, 4.69) is 22.5 Å².